The molecule has 21 heavy (non-hydrogen) atoms. The average Bonchev–Trinajstić information content (AvgIpc) is 2.93. The highest BCUT2D eigenvalue weighted by Crippen LogP contribution is 2.18. The molecule has 5 heteroatoms. The summed E-state index contributed by atoms with van der Waals surface area (Å²) in [6, 6.07) is 16.4. The van der Waals surface area contributed by atoms with E-state index in [1.807, 2.05) is 34.9 Å². The molecule has 0 saturated carbocycles. The van der Waals surface area contributed by atoms with Crippen LogP contribution in [0.1, 0.15) is 17.2 Å². The Morgan fingerprint density at radius 1 is 0.905 bits per heavy atom. The molecular formula is C16H13BrFN3. The van der Waals surface area contributed by atoms with Gasteiger partial charge >= 0.3 is 0 Å². The molecule has 106 valence electrons. The molecule has 0 radical (unpaired) electrons. The molecule has 0 aliphatic rings. The Bertz CT molecular complexity index is 723. The van der Waals surface area contributed by atoms with Gasteiger partial charge in [0.05, 0.1) is 5.33 Å². The lowest BCUT2D eigenvalue weighted by molar-refractivity contribution is 0.627. The molecular weight excluding hydrogens is 333 g/mol. The Labute approximate surface area is 130 Å². The molecule has 0 atom stereocenters. The summed E-state index contributed by atoms with van der Waals surface area (Å²) in [5, 5.41) is 9.11. The standard InChI is InChI=1S/C16H13BrFN3/c17-11-16-20-19-15(10-12-6-8-13(18)9-7-12)21(16)14-4-2-1-3-5-14/h1-9H,10-11H2. The number of nitrogens with zero attached hydrogens (tertiary/aromatic N) is 3. The second kappa shape index (κ2) is 6.18. The molecule has 0 saturated heterocycles. The van der Waals surface area contributed by atoms with Crippen LogP contribution >= 0.6 is 15.9 Å². The average molecular weight is 346 g/mol. The van der Waals surface area contributed by atoms with Crippen molar-refractivity contribution in [2.45, 2.75) is 11.8 Å². The van der Waals surface area contributed by atoms with E-state index < -0.39 is 0 Å². The van der Waals surface area contributed by atoms with E-state index in [0.717, 1.165) is 22.9 Å². The van der Waals surface area contributed by atoms with E-state index in [4.69, 9.17) is 0 Å². The lowest BCUT2D eigenvalue weighted by Gasteiger charge is -2.09. The number of aromatic nitrogens is 3. The SMILES string of the molecule is Fc1ccc(Cc2nnc(CBr)n2-c2ccccc2)cc1. The van der Waals surface area contributed by atoms with Crippen molar-refractivity contribution in [1.82, 2.24) is 14.8 Å². The molecule has 0 amide bonds. The lowest BCUT2D eigenvalue weighted by atomic mass is 10.1. The largest absolute Gasteiger partial charge is 0.282 e. The van der Waals surface area contributed by atoms with Crippen LogP contribution in [-0.2, 0) is 11.8 Å². The van der Waals surface area contributed by atoms with Crippen molar-refractivity contribution < 1.29 is 4.39 Å². The maximum Gasteiger partial charge on any atom is 0.148 e. The van der Waals surface area contributed by atoms with Crippen LogP contribution in [0, 0.1) is 5.82 Å². The van der Waals surface area contributed by atoms with Crippen LogP contribution in [0.5, 0.6) is 0 Å². The van der Waals surface area contributed by atoms with Crippen molar-refractivity contribution in [1.29, 1.82) is 0 Å². The number of benzene rings is 2. The highest BCUT2D eigenvalue weighted by atomic mass is 79.9. The summed E-state index contributed by atoms with van der Waals surface area (Å²) in [7, 11) is 0. The number of rotatable bonds is 4. The van der Waals surface area contributed by atoms with Gasteiger partial charge in [0.25, 0.3) is 0 Å². The molecule has 1 heterocycles. The van der Waals surface area contributed by atoms with Gasteiger partial charge in [-0.3, -0.25) is 4.57 Å². The van der Waals surface area contributed by atoms with Gasteiger partial charge in [-0.1, -0.05) is 46.3 Å². The van der Waals surface area contributed by atoms with Crippen LogP contribution in [0.4, 0.5) is 4.39 Å². The van der Waals surface area contributed by atoms with Crippen LogP contribution in [0.15, 0.2) is 54.6 Å². The first-order valence-corrected chi connectivity index (χ1v) is 7.69. The van der Waals surface area contributed by atoms with Crippen molar-refractivity contribution in [3.8, 4) is 5.69 Å². The first kappa shape index (κ1) is 13.9. The predicted molar refractivity (Wildman–Crippen MR) is 83.2 cm³/mol. The van der Waals surface area contributed by atoms with Crippen LogP contribution in [0.25, 0.3) is 5.69 Å². The molecule has 0 aliphatic carbocycles. The van der Waals surface area contributed by atoms with Crippen LogP contribution < -0.4 is 0 Å². The first-order chi connectivity index (χ1) is 10.3. The Hall–Kier alpha value is -2.01. The summed E-state index contributed by atoms with van der Waals surface area (Å²) in [6.45, 7) is 0. The fourth-order valence-corrected chi connectivity index (χ4v) is 2.58. The number of halogens is 2. The summed E-state index contributed by atoms with van der Waals surface area (Å²) in [5.41, 5.74) is 2.02. The quantitative estimate of drug-likeness (QED) is 0.671. The van der Waals surface area contributed by atoms with Crippen molar-refractivity contribution in [2.24, 2.45) is 0 Å². The summed E-state index contributed by atoms with van der Waals surface area (Å²) in [4.78, 5) is 0. The minimum atomic E-state index is -0.232. The Kier molecular flexibility index (Phi) is 4.10. The van der Waals surface area contributed by atoms with Crippen LogP contribution in [0.3, 0.4) is 0 Å². The minimum Gasteiger partial charge on any atom is -0.282 e. The molecule has 0 unspecified atom stereocenters. The zero-order chi connectivity index (χ0) is 14.7. The van der Waals surface area contributed by atoms with E-state index >= 15 is 0 Å². The molecule has 3 nitrogen and oxygen atoms in total. The summed E-state index contributed by atoms with van der Waals surface area (Å²) >= 11 is 3.44. The maximum absolute atomic E-state index is 13.0. The Morgan fingerprint density at radius 2 is 1.57 bits per heavy atom. The molecule has 0 N–H and O–H groups in total. The van der Waals surface area contributed by atoms with Crippen LogP contribution in [-0.4, -0.2) is 14.8 Å². The predicted octanol–water partition coefficient (Wildman–Crippen LogP) is 3.89. The molecule has 1 aromatic heterocycles. The topological polar surface area (TPSA) is 30.7 Å². The van der Waals surface area contributed by atoms with E-state index in [0.29, 0.717) is 11.8 Å². The first-order valence-electron chi connectivity index (χ1n) is 6.57. The van der Waals surface area contributed by atoms with Gasteiger partial charge in [0, 0.05) is 12.1 Å². The number of para-hydroxylation sites is 1. The highest BCUT2D eigenvalue weighted by molar-refractivity contribution is 9.08. The molecule has 3 rings (SSSR count). The third-order valence-corrected chi connectivity index (χ3v) is 3.71. The third kappa shape index (κ3) is 3.03. The minimum absolute atomic E-state index is 0.232. The molecule has 0 bridgehead atoms. The van der Waals surface area contributed by atoms with Gasteiger partial charge in [0.2, 0.25) is 0 Å². The molecule has 3 aromatic rings. The lowest BCUT2D eigenvalue weighted by Crippen LogP contribution is -2.05. The Balaban J connectivity index is 1.99. The van der Waals surface area contributed by atoms with E-state index in [1.165, 1.54) is 12.1 Å². The van der Waals surface area contributed by atoms with Crippen molar-refractivity contribution in [3.05, 3.63) is 77.6 Å². The maximum atomic E-state index is 13.0. The zero-order valence-corrected chi connectivity index (χ0v) is 12.8. The van der Waals surface area contributed by atoms with E-state index in [2.05, 4.69) is 26.1 Å². The number of alkyl halides is 1. The third-order valence-electron chi connectivity index (χ3n) is 3.21. The van der Waals surface area contributed by atoms with E-state index in [9.17, 15) is 4.39 Å². The van der Waals surface area contributed by atoms with Crippen molar-refractivity contribution >= 4 is 15.9 Å². The normalized spacial score (nSPS) is 10.8. The summed E-state index contributed by atoms with van der Waals surface area (Å²) in [5.74, 6) is 1.45. The smallest absolute Gasteiger partial charge is 0.148 e. The van der Waals surface area contributed by atoms with Crippen molar-refractivity contribution in [2.75, 3.05) is 0 Å². The second-order valence-corrected chi connectivity index (χ2v) is 5.20. The molecule has 0 spiro atoms. The highest BCUT2D eigenvalue weighted by Gasteiger charge is 2.13. The molecule has 0 fully saturated rings. The fourth-order valence-electron chi connectivity index (χ4n) is 2.21. The monoisotopic (exact) mass is 345 g/mol. The van der Waals surface area contributed by atoms with E-state index in [1.54, 1.807) is 12.1 Å². The van der Waals surface area contributed by atoms with Gasteiger partial charge < -0.3 is 0 Å². The number of hydrogen-bond acceptors (Lipinski definition) is 2. The fraction of sp³-hybridized carbons (Fsp3) is 0.125. The number of hydrogen-bond donors (Lipinski definition) is 0. The zero-order valence-electron chi connectivity index (χ0n) is 11.2. The molecule has 0 aliphatic heterocycles. The van der Waals surface area contributed by atoms with Gasteiger partial charge in [-0.15, -0.1) is 10.2 Å². The van der Waals surface area contributed by atoms with Crippen LogP contribution in [0.2, 0.25) is 0 Å². The van der Waals surface area contributed by atoms with Gasteiger partial charge in [0.1, 0.15) is 17.5 Å². The van der Waals surface area contributed by atoms with Gasteiger partial charge in [0.15, 0.2) is 0 Å². The Morgan fingerprint density at radius 3 is 2.24 bits per heavy atom. The van der Waals surface area contributed by atoms with Gasteiger partial charge in [-0.2, -0.15) is 0 Å². The van der Waals surface area contributed by atoms with Crippen molar-refractivity contribution in [3.63, 3.8) is 0 Å². The summed E-state index contributed by atoms with van der Waals surface area (Å²) in [6.07, 6.45) is 0.606. The van der Waals surface area contributed by atoms with E-state index in [-0.39, 0.29) is 5.82 Å². The molecule has 2 aromatic carbocycles. The summed E-state index contributed by atoms with van der Waals surface area (Å²) < 4.78 is 15.0. The van der Waals surface area contributed by atoms with Gasteiger partial charge in [-0.25, -0.2) is 4.39 Å². The van der Waals surface area contributed by atoms with Gasteiger partial charge in [-0.05, 0) is 29.8 Å². The second-order valence-electron chi connectivity index (χ2n) is 4.64.